The van der Waals surface area contributed by atoms with Gasteiger partial charge >= 0.3 is 0 Å². The molecule has 0 radical (unpaired) electrons. The van der Waals surface area contributed by atoms with E-state index in [-0.39, 0.29) is 10.7 Å². The molecule has 0 aromatic carbocycles. The van der Waals surface area contributed by atoms with Crippen molar-refractivity contribution < 1.29 is 8.42 Å². The fourth-order valence-corrected chi connectivity index (χ4v) is 2.97. The van der Waals surface area contributed by atoms with Crippen molar-refractivity contribution in [3.05, 3.63) is 16.7 Å². The predicted octanol–water partition coefficient (Wildman–Crippen LogP) is 0.464. The number of hydrogen-bond acceptors (Lipinski definition) is 6. The van der Waals surface area contributed by atoms with Gasteiger partial charge in [0, 0.05) is 10.7 Å². The molecular weight excluding hydrogens is 322 g/mol. The van der Waals surface area contributed by atoms with Gasteiger partial charge in [-0.25, -0.2) is 13.4 Å². The molecule has 2 N–H and O–H groups in total. The highest BCUT2D eigenvalue weighted by atomic mass is 79.9. The van der Waals surface area contributed by atoms with Crippen molar-refractivity contribution in [3.63, 3.8) is 0 Å². The summed E-state index contributed by atoms with van der Waals surface area (Å²) in [6.45, 7) is -0.857. The number of hydrogen-bond donors (Lipinski definition) is 1. The molecular formula is C9H8BrN5O2S. The lowest BCUT2D eigenvalue weighted by Crippen LogP contribution is -2.32. The minimum atomic E-state index is -4.01. The molecule has 0 aliphatic carbocycles. The summed E-state index contributed by atoms with van der Waals surface area (Å²) in [6.07, 6.45) is 1.35. The third kappa shape index (κ3) is 2.96. The fourth-order valence-electron chi connectivity index (χ4n) is 1.16. The topological polar surface area (TPSA) is 124 Å². The molecule has 0 aliphatic heterocycles. The van der Waals surface area contributed by atoms with Crippen LogP contribution in [-0.2, 0) is 10.0 Å². The Morgan fingerprint density at radius 1 is 1.39 bits per heavy atom. The maximum atomic E-state index is 12.2. The van der Waals surface area contributed by atoms with Gasteiger partial charge in [0.1, 0.15) is 23.8 Å². The smallest absolute Gasteiger partial charge is 0.248 e. The number of rotatable bonds is 4. The summed E-state index contributed by atoms with van der Waals surface area (Å²) in [5, 5.41) is 17.2. The minimum absolute atomic E-state index is 0.181. The molecule has 1 aromatic rings. The Labute approximate surface area is 113 Å². The van der Waals surface area contributed by atoms with Crippen LogP contribution >= 0.6 is 15.9 Å². The zero-order chi connectivity index (χ0) is 13.8. The van der Waals surface area contributed by atoms with E-state index in [1.165, 1.54) is 12.3 Å². The zero-order valence-corrected chi connectivity index (χ0v) is 11.4. The molecule has 1 aromatic heterocycles. The zero-order valence-electron chi connectivity index (χ0n) is 9.04. The maximum absolute atomic E-state index is 12.2. The summed E-state index contributed by atoms with van der Waals surface area (Å²) >= 11 is 3.08. The van der Waals surface area contributed by atoms with Gasteiger partial charge in [-0.05, 0) is 22.0 Å². The number of sulfonamides is 1. The fraction of sp³-hybridized carbons (Fsp3) is 0.222. The van der Waals surface area contributed by atoms with Crippen LogP contribution in [0.2, 0.25) is 0 Å². The highest BCUT2D eigenvalue weighted by Gasteiger charge is 2.27. The monoisotopic (exact) mass is 329 g/mol. The van der Waals surface area contributed by atoms with Crippen molar-refractivity contribution in [2.45, 2.75) is 4.90 Å². The van der Waals surface area contributed by atoms with Crippen molar-refractivity contribution in [2.24, 2.45) is 0 Å². The van der Waals surface area contributed by atoms with Gasteiger partial charge in [-0.2, -0.15) is 14.8 Å². The van der Waals surface area contributed by atoms with Gasteiger partial charge in [-0.3, -0.25) is 0 Å². The molecule has 9 heteroatoms. The van der Waals surface area contributed by atoms with Gasteiger partial charge in [0.05, 0.1) is 12.1 Å². The number of nitrogens with two attached hydrogens (primary N) is 1. The number of pyridine rings is 1. The standard InChI is InChI=1S/C9H8BrN5O2S/c10-7-5-8(9(13)14-6-7)18(16,17)15(3-1-11)4-2-12/h5-6H,3-4H2,(H2,13,14). The van der Waals surface area contributed by atoms with Gasteiger partial charge in [0.15, 0.2) is 0 Å². The van der Waals surface area contributed by atoms with Crippen molar-refractivity contribution >= 4 is 31.8 Å². The van der Waals surface area contributed by atoms with Gasteiger partial charge in [0.2, 0.25) is 10.0 Å². The van der Waals surface area contributed by atoms with Crippen LogP contribution in [0.1, 0.15) is 0 Å². The predicted molar refractivity (Wildman–Crippen MR) is 66.3 cm³/mol. The van der Waals surface area contributed by atoms with Crippen LogP contribution in [0.3, 0.4) is 0 Å². The lowest BCUT2D eigenvalue weighted by atomic mass is 10.5. The third-order valence-electron chi connectivity index (χ3n) is 1.96. The molecule has 0 saturated carbocycles. The van der Waals surface area contributed by atoms with Crippen LogP contribution in [0.15, 0.2) is 21.6 Å². The average Bonchev–Trinajstić information content (AvgIpc) is 2.32. The normalized spacial score (nSPS) is 10.9. The Hall–Kier alpha value is -1.68. The molecule has 0 spiro atoms. The van der Waals surface area contributed by atoms with E-state index in [1.807, 2.05) is 0 Å². The molecule has 18 heavy (non-hydrogen) atoms. The molecule has 0 saturated heterocycles. The van der Waals surface area contributed by atoms with Gasteiger partial charge < -0.3 is 5.73 Å². The first-order chi connectivity index (χ1) is 8.43. The first-order valence-electron chi connectivity index (χ1n) is 4.58. The van der Waals surface area contributed by atoms with Crippen LogP contribution < -0.4 is 5.73 Å². The van der Waals surface area contributed by atoms with Gasteiger partial charge in [-0.1, -0.05) is 0 Å². The van der Waals surface area contributed by atoms with E-state index in [1.54, 1.807) is 12.1 Å². The maximum Gasteiger partial charge on any atom is 0.248 e. The average molecular weight is 330 g/mol. The summed E-state index contributed by atoms with van der Waals surface area (Å²) in [5.41, 5.74) is 5.50. The molecule has 0 aliphatic rings. The minimum Gasteiger partial charge on any atom is -0.383 e. The summed E-state index contributed by atoms with van der Waals surface area (Å²) < 4.78 is 25.5. The highest BCUT2D eigenvalue weighted by molar-refractivity contribution is 9.10. The van der Waals surface area contributed by atoms with Crippen LogP contribution in [0.5, 0.6) is 0 Å². The lowest BCUT2D eigenvalue weighted by molar-refractivity contribution is 0.479. The SMILES string of the molecule is N#CCN(CC#N)S(=O)(=O)c1cc(Br)cnc1N. The molecule has 0 bridgehead atoms. The van der Waals surface area contributed by atoms with Crippen LogP contribution in [0.25, 0.3) is 0 Å². The third-order valence-corrected chi connectivity index (χ3v) is 4.21. The lowest BCUT2D eigenvalue weighted by Gasteiger charge is -2.16. The number of nitrogens with zero attached hydrogens (tertiary/aromatic N) is 4. The molecule has 0 atom stereocenters. The van der Waals surface area contributed by atoms with Crippen molar-refractivity contribution in [2.75, 3.05) is 18.8 Å². The number of halogens is 1. The molecule has 0 unspecified atom stereocenters. The Morgan fingerprint density at radius 2 is 1.94 bits per heavy atom. The highest BCUT2D eigenvalue weighted by Crippen LogP contribution is 2.23. The largest absolute Gasteiger partial charge is 0.383 e. The Bertz CT molecular complexity index is 615. The van der Waals surface area contributed by atoms with Crippen molar-refractivity contribution in [1.82, 2.24) is 9.29 Å². The second-order valence-electron chi connectivity index (χ2n) is 3.13. The van der Waals surface area contributed by atoms with E-state index < -0.39 is 23.1 Å². The van der Waals surface area contributed by atoms with Crippen molar-refractivity contribution in [3.8, 4) is 12.1 Å². The molecule has 0 fully saturated rings. The summed E-state index contributed by atoms with van der Waals surface area (Å²) in [7, 11) is -4.01. The van der Waals surface area contributed by atoms with Crippen LogP contribution in [0.4, 0.5) is 5.82 Å². The van der Waals surface area contributed by atoms with E-state index >= 15 is 0 Å². The van der Waals surface area contributed by atoms with Crippen molar-refractivity contribution in [1.29, 1.82) is 10.5 Å². The van der Waals surface area contributed by atoms with Crippen LogP contribution in [-0.4, -0.2) is 30.8 Å². The Kier molecular flexibility index (Phi) is 4.62. The molecule has 7 nitrogen and oxygen atoms in total. The van der Waals surface area contributed by atoms with E-state index in [2.05, 4.69) is 20.9 Å². The first kappa shape index (κ1) is 14.4. The van der Waals surface area contributed by atoms with E-state index in [0.29, 0.717) is 4.47 Å². The molecule has 1 rings (SSSR count). The van der Waals surface area contributed by atoms with Gasteiger partial charge in [0.25, 0.3) is 0 Å². The van der Waals surface area contributed by atoms with E-state index in [0.717, 1.165) is 4.31 Å². The van der Waals surface area contributed by atoms with E-state index in [4.69, 9.17) is 16.3 Å². The Balaban J connectivity index is 3.32. The number of nitriles is 2. The number of nitrogen functional groups attached to an aromatic ring is 1. The summed E-state index contributed by atoms with van der Waals surface area (Å²) in [6, 6.07) is 4.65. The molecule has 94 valence electrons. The molecule has 0 amide bonds. The first-order valence-corrected chi connectivity index (χ1v) is 6.82. The second kappa shape index (κ2) is 5.78. The van der Waals surface area contributed by atoms with Crippen LogP contribution in [0, 0.1) is 22.7 Å². The second-order valence-corrected chi connectivity index (χ2v) is 5.95. The quantitative estimate of drug-likeness (QED) is 0.800. The van der Waals surface area contributed by atoms with Gasteiger partial charge in [-0.15, -0.1) is 0 Å². The number of anilines is 1. The molecule has 1 heterocycles. The Morgan fingerprint density at radius 3 is 2.44 bits per heavy atom. The summed E-state index contributed by atoms with van der Waals surface area (Å²) in [4.78, 5) is 3.47. The number of aromatic nitrogens is 1. The summed E-state index contributed by atoms with van der Waals surface area (Å²) in [5.74, 6) is -0.181. The van der Waals surface area contributed by atoms with E-state index in [9.17, 15) is 8.42 Å².